The van der Waals surface area contributed by atoms with Crippen molar-refractivity contribution in [1.82, 2.24) is 25.8 Å². The van der Waals surface area contributed by atoms with Crippen LogP contribution in [0.5, 0.6) is 0 Å². The molecule has 3 rings (SSSR count). The number of nitrogens with one attached hydrogen (secondary N) is 4. The molecule has 2 fully saturated rings. The summed E-state index contributed by atoms with van der Waals surface area (Å²) in [5.74, 6) is -0.701. The van der Waals surface area contributed by atoms with Gasteiger partial charge in [-0.25, -0.2) is 0 Å². The van der Waals surface area contributed by atoms with Gasteiger partial charge in [0.25, 0.3) is 0 Å². The second-order valence-corrected chi connectivity index (χ2v) is 9.70. The highest BCUT2D eigenvalue weighted by Crippen LogP contribution is 2.23. The molecule has 0 spiro atoms. The van der Waals surface area contributed by atoms with Gasteiger partial charge in [0.05, 0.1) is 6.04 Å². The molecule has 10 heteroatoms. The highest BCUT2D eigenvalue weighted by Gasteiger charge is 2.30. The summed E-state index contributed by atoms with van der Waals surface area (Å²) in [7, 11) is 3.80. The first kappa shape index (κ1) is 27.9. The number of amides is 3. The molecule has 36 heavy (non-hydrogen) atoms. The topological polar surface area (TPSA) is 123 Å². The molecular formula is C26H40N6O4. The van der Waals surface area contributed by atoms with Gasteiger partial charge >= 0.3 is 0 Å². The number of aldehydes is 1. The molecular weight excluding hydrogens is 460 g/mol. The summed E-state index contributed by atoms with van der Waals surface area (Å²) in [6, 6.07) is 5.35. The first-order valence-electron chi connectivity index (χ1n) is 12.9. The van der Waals surface area contributed by atoms with Gasteiger partial charge in [0.1, 0.15) is 6.29 Å². The number of likely N-dealkylation sites (tertiary alicyclic amines) is 1. The van der Waals surface area contributed by atoms with E-state index in [1.807, 2.05) is 11.9 Å². The van der Waals surface area contributed by atoms with Crippen LogP contribution in [0.3, 0.4) is 0 Å². The molecule has 2 aliphatic heterocycles. The molecule has 0 aliphatic carbocycles. The van der Waals surface area contributed by atoms with Crippen LogP contribution in [0.15, 0.2) is 18.2 Å². The number of rotatable bonds is 14. The molecule has 0 saturated carbocycles. The molecule has 0 bridgehead atoms. The maximum absolute atomic E-state index is 12.6. The molecule has 2 unspecified atom stereocenters. The van der Waals surface area contributed by atoms with E-state index in [4.69, 9.17) is 0 Å². The third kappa shape index (κ3) is 8.19. The Balaban J connectivity index is 1.42. The van der Waals surface area contributed by atoms with Crippen molar-refractivity contribution in [3.8, 4) is 0 Å². The SMILES string of the molecule is CNC1CCN(CCNCCCCC(=O)Nc2cccc(C=O)c2CN(C)C2CCC(=O)NC2=O)C1. The summed E-state index contributed by atoms with van der Waals surface area (Å²) < 4.78 is 0. The Morgan fingerprint density at radius 2 is 2.06 bits per heavy atom. The molecule has 2 saturated heterocycles. The molecule has 2 aliphatic rings. The number of hydrogen-bond donors (Lipinski definition) is 4. The van der Waals surface area contributed by atoms with Crippen LogP contribution in [0.4, 0.5) is 5.69 Å². The average molecular weight is 501 g/mol. The van der Waals surface area contributed by atoms with E-state index in [9.17, 15) is 19.2 Å². The van der Waals surface area contributed by atoms with E-state index in [1.54, 1.807) is 25.2 Å². The van der Waals surface area contributed by atoms with E-state index in [1.165, 1.54) is 6.42 Å². The number of carbonyl (C=O) groups is 4. The summed E-state index contributed by atoms with van der Waals surface area (Å²) >= 11 is 0. The number of hydrogen-bond acceptors (Lipinski definition) is 8. The Morgan fingerprint density at radius 1 is 1.22 bits per heavy atom. The number of likely N-dealkylation sites (N-methyl/N-ethyl adjacent to an activating group) is 2. The minimum Gasteiger partial charge on any atom is -0.326 e. The molecule has 1 aromatic rings. The predicted octanol–water partition coefficient (Wildman–Crippen LogP) is 0.728. The van der Waals surface area contributed by atoms with E-state index in [-0.39, 0.29) is 24.1 Å². The maximum atomic E-state index is 12.6. The lowest BCUT2D eigenvalue weighted by Crippen LogP contribution is -2.51. The van der Waals surface area contributed by atoms with Crippen LogP contribution in [0.1, 0.15) is 54.4 Å². The van der Waals surface area contributed by atoms with E-state index in [2.05, 4.69) is 26.2 Å². The van der Waals surface area contributed by atoms with Crippen molar-refractivity contribution in [3.63, 3.8) is 0 Å². The van der Waals surface area contributed by atoms with Crippen molar-refractivity contribution < 1.29 is 19.2 Å². The molecule has 3 amide bonds. The maximum Gasteiger partial charge on any atom is 0.243 e. The first-order valence-corrected chi connectivity index (χ1v) is 12.9. The average Bonchev–Trinajstić information content (AvgIpc) is 3.32. The van der Waals surface area contributed by atoms with Gasteiger partial charge in [-0.05, 0) is 58.9 Å². The zero-order chi connectivity index (χ0) is 25.9. The van der Waals surface area contributed by atoms with Crippen molar-refractivity contribution in [3.05, 3.63) is 29.3 Å². The number of anilines is 1. The number of piperidine rings is 1. The van der Waals surface area contributed by atoms with E-state index >= 15 is 0 Å². The summed E-state index contributed by atoms with van der Waals surface area (Å²) in [4.78, 5) is 52.3. The molecule has 198 valence electrons. The van der Waals surface area contributed by atoms with Crippen molar-refractivity contribution >= 4 is 29.7 Å². The van der Waals surface area contributed by atoms with Gasteiger partial charge in [-0.1, -0.05) is 12.1 Å². The summed E-state index contributed by atoms with van der Waals surface area (Å²) in [5.41, 5.74) is 1.71. The zero-order valence-electron chi connectivity index (χ0n) is 21.5. The van der Waals surface area contributed by atoms with Gasteiger partial charge in [0, 0.05) is 61.9 Å². The predicted molar refractivity (Wildman–Crippen MR) is 139 cm³/mol. The third-order valence-corrected chi connectivity index (χ3v) is 7.06. The lowest BCUT2D eigenvalue weighted by Gasteiger charge is -2.30. The highest BCUT2D eigenvalue weighted by atomic mass is 16.2. The number of benzene rings is 1. The van der Waals surface area contributed by atoms with E-state index in [0.717, 1.165) is 51.9 Å². The Morgan fingerprint density at radius 3 is 2.78 bits per heavy atom. The van der Waals surface area contributed by atoms with Crippen LogP contribution >= 0.6 is 0 Å². The fourth-order valence-corrected chi connectivity index (χ4v) is 4.85. The van der Waals surface area contributed by atoms with Crippen LogP contribution in [0.2, 0.25) is 0 Å². The molecule has 1 aromatic carbocycles. The van der Waals surface area contributed by atoms with Gasteiger partial charge in [-0.2, -0.15) is 0 Å². The smallest absolute Gasteiger partial charge is 0.243 e. The number of carbonyl (C=O) groups excluding carboxylic acids is 4. The lowest BCUT2D eigenvalue weighted by molar-refractivity contribution is -0.137. The largest absolute Gasteiger partial charge is 0.326 e. The van der Waals surface area contributed by atoms with Crippen molar-refractivity contribution in [2.75, 3.05) is 52.1 Å². The van der Waals surface area contributed by atoms with E-state index in [0.29, 0.717) is 42.2 Å². The number of imide groups is 1. The Hall–Kier alpha value is -2.66. The van der Waals surface area contributed by atoms with Gasteiger partial charge in [-0.3, -0.25) is 29.4 Å². The van der Waals surface area contributed by atoms with Crippen LogP contribution in [-0.2, 0) is 20.9 Å². The van der Waals surface area contributed by atoms with Gasteiger partial charge < -0.3 is 20.9 Å². The molecule has 0 aromatic heterocycles. The quantitative estimate of drug-likeness (QED) is 0.168. The minimum atomic E-state index is -0.464. The standard InChI is InChI=1S/C26H40N6O4/c1-27-20-11-14-32(16-20)15-13-28-12-4-3-8-24(34)29-22-7-5-6-19(18-33)21(22)17-31(2)23-9-10-25(35)30-26(23)36/h5-7,18,20,23,27-28H,3-4,8-17H2,1-2H3,(H,29,34)(H,30,35,36). The van der Waals surface area contributed by atoms with E-state index < -0.39 is 6.04 Å². The fraction of sp³-hybridized carbons (Fsp3) is 0.615. The number of nitrogens with zero attached hydrogens (tertiary/aromatic N) is 2. The molecule has 0 radical (unpaired) electrons. The van der Waals surface area contributed by atoms with Crippen LogP contribution in [0.25, 0.3) is 0 Å². The normalized spacial score (nSPS) is 20.5. The monoisotopic (exact) mass is 500 g/mol. The Kier molecular flexibility index (Phi) is 11.0. The van der Waals surface area contributed by atoms with Gasteiger partial charge in [-0.15, -0.1) is 0 Å². The molecule has 2 atom stereocenters. The van der Waals surface area contributed by atoms with Crippen molar-refractivity contribution in [2.24, 2.45) is 0 Å². The van der Waals surface area contributed by atoms with Crippen molar-refractivity contribution in [2.45, 2.75) is 57.2 Å². The highest BCUT2D eigenvalue weighted by molar-refractivity contribution is 6.00. The second-order valence-electron chi connectivity index (χ2n) is 9.70. The Labute approximate surface area is 213 Å². The van der Waals surface area contributed by atoms with Crippen molar-refractivity contribution in [1.29, 1.82) is 0 Å². The summed E-state index contributed by atoms with van der Waals surface area (Å²) in [5, 5.41) is 12.1. The summed E-state index contributed by atoms with van der Waals surface area (Å²) in [6.07, 6.45) is 4.74. The molecule has 4 N–H and O–H groups in total. The van der Waals surface area contributed by atoms with Crippen LogP contribution in [0, 0.1) is 0 Å². The summed E-state index contributed by atoms with van der Waals surface area (Å²) in [6.45, 7) is 5.41. The Bertz CT molecular complexity index is 924. The third-order valence-electron chi connectivity index (χ3n) is 7.06. The lowest BCUT2D eigenvalue weighted by atomic mass is 10.0. The zero-order valence-corrected chi connectivity index (χ0v) is 21.5. The number of unbranched alkanes of at least 4 members (excludes halogenated alkanes) is 1. The molecule has 10 nitrogen and oxygen atoms in total. The fourth-order valence-electron chi connectivity index (χ4n) is 4.85. The second kappa shape index (κ2) is 14.2. The molecule has 2 heterocycles. The minimum absolute atomic E-state index is 0.0990. The van der Waals surface area contributed by atoms with Gasteiger partial charge in [0.15, 0.2) is 0 Å². The van der Waals surface area contributed by atoms with Gasteiger partial charge in [0.2, 0.25) is 17.7 Å². The van der Waals surface area contributed by atoms with Crippen LogP contribution in [-0.4, -0.2) is 92.7 Å². The first-order chi connectivity index (χ1) is 17.4. The van der Waals surface area contributed by atoms with Crippen LogP contribution < -0.4 is 21.3 Å².